The second kappa shape index (κ2) is 2.90. The summed E-state index contributed by atoms with van der Waals surface area (Å²) in [7, 11) is 0. The molecule has 0 N–H and O–H groups in total. The average Bonchev–Trinajstić information content (AvgIpc) is 2.56. The van der Waals surface area contributed by atoms with Crippen LogP contribution in [0.4, 0.5) is 0 Å². The van der Waals surface area contributed by atoms with Gasteiger partial charge in [0.15, 0.2) is 0 Å². The third-order valence-corrected chi connectivity index (χ3v) is 3.23. The lowest BCUT2D eigenvalue weighted by Gasteiger charge is -2.15. The number of hydrogen-bond acceptors (Lipinski definition) is 0. The van der Waals surface area contributed by atoms with Gasteiger partial charge in [0.25, 0.3) is 0 Å². The quantitative estimate of drug-likeness (QED) is 0.533. The monoisotopic (exact) mass is 172 g/mol. The Kier molecular flexibility index (Phi) is 1.71. The summed E-state index contributed by atoms with van der Waals surface area (Å²) in [5, 5.41) is 4.68. The van der Waals surface area contributed by atoms with Gasteiger partial charge < -0.3 is 0 Å². The van der Waals surface area contributed by atoms with E-state index in [4.69, 9.17) is 0 Å². The fourth-order valence-corrected chi connectivity index (χ4v) is 2.57. The van der Waals surface area contributed by atoms with Gasteiger partial charge in [-0.3, -0.25) is 5.32 Å². The lowest BCUT2D eigenvalue weighted by Crippen LogP contribution is -2.04. The fourth-order valence-electron chi connectivity index (χ4n) is 2.57. The Labute approximate surface area is 79.9 Å². The molecule has 3 rings (SSSR count). The fraction of sp³-hybridized carbons (Fsp3) is 0.583. The molecule has 1 heteroatoms. The van der Waals surface area contributed by atoms with Gasteiger partial charge in [-0.15, -0.1) is 0 Å². The highest BCUT2D eigenvalue weighted by atomic mass is 14.9. The molecular weight excluding hydrogens is 158 g/mol. The van der Waals surface area contributed by atoms with Gasteiger partial charge in [-0.2, -0.15) is 0 Å². The lowest BCUT2D eigenvalue weighted by atomic mass is 9.87. The van der Waals surface area contributed by atoms with Crippen LogP contribution in [-0.2, 0) is 0 Å². The number of rotatable bonds is 0. The van der Waals surface area contributed by atoms with E-state index < -0.39 is 0 Å². The van der Waals surface area contributed by atoms with E-state index in [1.165, 1.54) is 49.9 Å². The first-order chi connectivity index (χ1) is 6.45. The van der Waals surface area contributed by atoms with Crippen molar-refractivity contribution in [3.8, 4) is 0 Å². The molecule has 0 aromatic rings. The molecule has 0 aromatic heterocycles. The minimum Gasteiger partial charge on any atom is -0.257 e. The standard InChI is InChI=1S/C12H14N/c1-3-7-11-9(5-1)10-6-2-4-8-12(10)13-11/h1-7H2. The Morgan fingerprint density at radius 2 is 1.77 bits per heavy atom. The van der Waals surface area contributed by atoms with E-state index >= 15 is 0 Å². The topological polar surface area (TPSA) is 14.1 Å². The summed E-state index contributed by atoms with van der Waals surface area (Å²) < 4.78 is 0. The van der Waals surface area contributed by atoms with Crippen molar-refractivity contribution >= 4 is 0 Å². The van der Waals surface area contributed by atoms with Crippen LogP contribution in [0.3, 0.4) is 0 Å². The third kappa shape index (κ3) is 1.13. The minimum absolute atomic E-state index is 1.11. The lowest BCUT2D eigenvalue weighted by molar-refractivity contribution is 0.659. The average molecular weight is 172 g/mol. The first-order valence-electron chi connectivity index (χ1n) is 5.36. The Hall–Kier alpha value is -0.720. The second-order valence-corrected chi connectivity index (χ2v) is 4.10. The van der Waals surface area contributed by atoms with Crippen molar-refractivity contribution < 1.29 is 0 Å². The molecule has 0 spiro atoms. The molecule has 13 heavy (non-hydrogen) atoms. The zero-order valence-corrected chi connectivity index (χ0v) is 7.90. The van der Waals surface area contributed by atoms with Gasteiger partial charge >= 0.3 is 0 Å². The van der Waals surface area contributed by atoms with Crippen LogP contribution in [0.25, 0.3) is 0 Å². The van der Waals surface area contributed by atoms with Crippen molar-refractivity contribution in [3.63, 3.8) is 0 Å². The van der Waals surface area contributed by atoms with E-state index in [2.05, 4.69) is 11.7 Å². The van der Waals surface area contributed by atoms with Gasteiger partial charge in [-0.25, -0.2) is 0 Å². The van der Waals surface area contributed by atoms with E-state index in [0.29, 0.717) is 0 Å². The molecule has 1 nitrogen and oxygen atoms in total. The Morgan fingerprint density at radius 3 is 2.77 bits per heavy atom. The first-order valence-corrected chi connectivity index (χ1v) is 5.36. The summed E-state index contributed by atoms with van der Waals surface area (Å²) in [4.78, 5) is 0. The molecule has 0 aromatic carbocycles. The summed E-state index contributed by atoms with van der Waals surface area (Å²) in [5.74, 6) is 0. The Bertz CT molecular complexity index is 266. The van der Waals surface area contributed by atoms with E-state index in [1.807, 2.05) is 0 Å². The largest absolute Gasteiger partial charge is 0.257 e. The number of nitrogens with zero attached hydrogens (tertiary/aromatic N) is 1. The molecule has 67 valence electrons. The van der Waals surface area contributed by atoms with Crippen molar-refractivity contribution in [3.05, 3.63) is 29.0 Å². The van der Waals surface area contributed by atoms with Crippen molar-refractivity contribution in [1.29, 1.82) is 0 Å². The normalized spacial score (nSPS) is 27.1. The predicted molar refractivity (Wildman–Crippen MR) is 51.7 cm³/mol. The van der Waals surface area contributed by atoms with Crippen molar-refractivity contribution in [2.24, 2.45) is 0 Å². The molecule has 0 unspecified atom stereocenters. The molecule has 2 aliphatic carbocycles. The van der Waals surface area contributed by atoms with E-state index in [9.17, 15) is 0 Å². The maximum atomic E-state index is 4.68. The molecular formula is C12H14N. The Morgan fingerprint density at radius 1 is 0.923 bits per heavy atom. The van der Waals surface area contributed by atoms with Crippen molar-refractivity contribution in [2.75, 3.05) is 0 Å². The Balaban J connectivity index is 1.95. The van der Waals surface area contributed by atoms with Crippen LogP contribution in [-0.4, -0.2) is 0 Å². The molecule has 0 saturated heterocycles. The highest BCUT2D eigenvalue weighted by Crippen LogP contribution is 2.41. The molecule has 3 radical (unpaired) electrons. The van der Waals surface area contributed by atoms with Gasteiger partial charge in [-0.1, -0.05) is 0 Å². The predicted octanol–water partition coefficient (Wildman–Crippen LogP) is 2.95. The van der Waals surface area contributed by atoms with E-state index in [1.54, 1.807) is 11.1 Å². The van der Waals surface area contributed by atoms with Crippen LogP contribution in [0.15, 0.2) is 22.5 Å². The van der Waals surface area contributed by atoms with Gasteiger partial charge in [0.1, 0.15) is 0 Å². The SMILES string of the molecule is [C]1CCCC2=C1[N]C1=C2CCCC1. The highest BCUT2D eigenvalue weighted by molar-refractivity contribution is 5.49. The molecule has 3 aliphatic rings. The maximum Gasteiger partial charge on any atom is 0.0523 e. The molecule has 0 saturated carbocycles. The molecule has 0 atom stereocenters. The number of hydrogen-bond donors (Lipinski definition) is 0. The zero-order chi connectivity index (χ0) is 8.67. The molecule has 1 aliphatic heterocycles. The van der Waals surface area contributed by atoms with Gasteiger partial charge in [0, 0.05) is 12.1 Å². The number of allylic oxidation sites excluding steroid dienone is 4. The maximum absolute atomic E-state index is 4.68. The van der Waals surface area contributed by atoms with Crippen LogP contribution in [0.5, 0.6) is 0 Å². The summed E-state index contributed by atoms with van der Waals surface area (Å²) in [6, 6.07) is 0. The van der Waals surface area contributed by atoms with Gasteiger partial charge in [-0.05, 0) is 56.1 Å². The highest BCUT2D eigenvalue weighted by Gasteiger charge is 2.28. The molecule has 0 bridgehead atoms. The van der Waals surface area contributed by atoms with Crippen LogP contribution in [0.2, 0.25) is 0 Å². The van der Waals surface area contributed by atoms with Gasteiger partial charge in [0.05, 0.1) is 5.70 Å². The van der Waals surface area contributed by atoms with Crippen molar-refractivity contribution in [2.45, 2.75) is 44.9 Å². The summed E-state index contributed by atoms with van der Waals surface area (Å²) >= 11 is 0. The summed E-state index contributed by atoms with van der Waals surface area (Å²) in [6.07, 6.45) is 12.3. The molecule has 0 amide bonds. The van der Waals surface area contributed by atoms with Crippen LogP contribution >= 0.6 is 0 Å². The van der Waals surface area contributed by atoms with Crippen molar-refractivity contribution in [1.82, 2.24) is 5.32 Å². The third-order valence-electron chi connectivity index (χ3n) is 3.23. The smallest absolute Gasteiger partial charge is 0.0523 e. The zero-order valence-electron chi connectivity index (χ0n) is 7.90. The minimum atomic E-state index is 1.11. The van der Waals surface area contributed by atoms with Crippen LogP contribution in [0.1, 0.15) is 44.9 Å². The van der Waals surface area contributed by atoms with Gasteiger partial charge in [0.2, 0.25) is 0 Å². The van der Waals surface area contributed by atoms with Crippen LogP contribution in [0, 0.1) is 6.42 Å². The number of fused-ring (bicyclic) bond motifs is 1. The summed E-state index contributed by atoms with van der Waals surface area (Å²) in [6.45, 7) is 0. The van der Waals surface area contributed by atoms with E-state index in [-0.39, 0.29) is 0 Å². The molecule has 1 heterocycles. The first kappa shape index (κ1) is 7.66. The molecule has 0 fully saturated rings. The second-order valence-electron chi connectivity index (χ2n) is 4.10. The summed E-state index contributed by atoms with van der Waals surface area (Å²) in [5.41, 5.74) is 5.73. The van der Waals surface area contributed by atoms with E-state index in [0.717, 1.165) is 6.42 Å². The van der Waals surface area contributed by atoms with Crippen LogP contribution < -0.4 is 5.32 Å².